The maximum atomic E-state index is 6.27. The van der Waals surface area contributed by atoms with E-state index in [0.29, 0.717) is 23.5 Å². The summed E-state index contributed by atoms with van der Waals surface area (Å²) in [6.45, 7) is 7.61. The lowest BCUT2D eigenvalue weighted by Crippen LogP contribution is -2.37. The van der Waals surface area contributed by atoms with E-state index in [0.717, 1.165) is 13.0 Å². The van der Waals surface area contributed by atoms with Crippen LogP contribution in [0.3, 0.4) is 0 Å². The molecule has 4 rings (SSSR count). The lowest BCUT2D eigenvalue weighted by molar-refractivity contribution is -0.195. The summed E-state index contributed by atoms with van der Waals surface area (Å²) >= 11 is 0. The van der Waals surface area contributed by atoms with Crippen LogP contribution in [0.25, 0.3) is 11.2 Å². The molecule has 2 saturated heterocycles. The van der Waals surface area contributed by atoms with Crippen molar-refractivity contribution in [3.8, 4) is 0 Å². The molecule has 0 radical (unpaired) electrons. The molecule has 0 amide bonds. The molecule has 0 unspecified atom stereocenters. The highest BCUT2D eigenvalue weighted by molar-refractivity contribution is 5.81. The Morgan fingerprint density at radius 2 is 2.04 bits per heavy atom. The zero-order valence-corrected chi connectivity index (χ0v) is 14.7. The van der Waals surface area contributed by atoms with Crippen LogP contribution in [-0.4, -0.2) is 56.7 Å². The van der Waals surface area contributed by atoms with Crippen molar-refractivity contribution in [2.45, 2.75) is 57.5 Å². The van der Waals surface area contributed by atoms with Crippen LogP contribution in [0, 0.1) is 0 Å². The van der Waals surface area contributed by atoms with Gasteiger partial charge < -0.3 is 25.3 Å². The van der Waals surface area contributed by atoms with Crippen LogP contribution in [0.4, 0.5) is 5.82 Å². The molecule has 9 heteroatoms. The standard InChI is InChI=1S/C16H24N6O3/c1-4-5-18-6-9-11-12(25-16(2,3)24-11)15(23-9)22-8-21-10-13(17)19-7-20-14(10)22/h7-9,11-12,15,18H,4-6H2,1-3H3,(H2,17,19,20)/t9-,11-,12-,15-/m1/s1. The number of nitrogens with zero attached hydrogens (tertiary/aromatic N) is 4. The summed E-state index contributed by atoms with van der Waals surface area (Å²) in [5.74, 6) is -0.298. The molecule has 136 valence electrons. The van der Waals surface area contributed by atoms with Crippen molar-refractivity contribution in [3.05, 3.63) is 12.7 Å². The van der Waals surface area contributed by atoms with Crippen LogP contribution in [0.5, 0.6) is 0 Å². The maximum absolute atomic E-state index is 6.27. The monoisotopic (exact) mass is 348 g/mol. The lowest BCUT2D eigenvalue weighted by Gasteiger charge is -2.25. The second kappa shape index (κ2) is 6.17. The predicted molar refractivity (Wildman–Crippen MR) is 90.6 cm³/mol. The van der Waals surface area contributed by atoms with Crippen molar-refractivity contribution < 1.29 is 14.2 Å². The van der Waals surface area contributed by atoms with Gasteiger partial charge in [-0.2, -0.15) is 0 Å². The van der Waals surface area contributed by atoms with Gasteiger partial charge in [-0.1, -0.05) is 6.92 Å². The molecule has 0 spiro atoms. The average Bonchev–Trinajstić information content (AvgIpc) is 3.20. The summed E-state index contributed by atoms with van der Waals surface area (Å²) in [5, 5.41) is 3.40. The summed E-state index contributed by atoms with van der Waals surface area (Å²) in [6, 6.07) is 0. The third kappa shape index (κ3) is 2.86. The second-order valence-electron chi connectivity index (χ2n) is 6.92. The smallest absolute Gasteiger partial charge is 0.167 e. The average molecular weight is 348 g/mol. The highest BCUT2D eigenvalue weighted by atomic mass is 16.8. The topological polar surface area (TPSA) is 109 Å². The van der Waals surface area contributed by atoms with Gasteiger partial charge >= 0.3 is 0 Å². The van der Waals surface area contributed by atoms with E-state index in [9.17, 15) is 0 Å². The normalized spacial score (nSPS) is 30.8. The number of anilines is 1. The molecule has 0 aliphatic carbocycles. The summed E-state index contributed by atoms with van der Waals surface area (Å²) in [6.07, 6.45) is 3.29. The Morgan fingerprint density at radius 3 is 2.84 bits per heavy atom. The van der Waals surface area contributed by atoms with Gasteiger partial charge in [-0.3, -0.25) is 4.57 Å². The minimum Gasteiger partial charge on any atom is -0.382 e. The molecule has 3 N–H and O–H groups in total. The Kier molecular flexibility index (Phi) is 4.11. The summed E-state index contributed by atoms with van der Waals surface area (Å²) in [5.41, 5.74) is 7.09. The number of ether oxygens (including phenoxy) is 3. The van der Waals surface area contributed by atoms with Gasteiger partial charge in [0, 0.05) is 6.54 Å². The van der Waals surface area contributed by atoms with E-state index in [2.05, 4.69) is 27.2 Å². The summed E-state index contributed by atoms with van der Waals surface area (Å²) < 4.78 is 20.4. The maximum Gasteiger partial charge on any atom is 0.167 e. The molecular formula is C16H24N6O3. The number of nitrogen functional groups attached to an aromatic ring is 1. The Hall–Kier alpha value is -1.81. The number of hydrogen-bond acceptors (Lipinski definition) is 8. The van der Waals surface area contributed by atoms with E-state index >= 15 is 0 Å². The SMILES string of the molecule is CCCNC[C@H]1O[C@@H](n2cnc3c(N)ncnc32)[C@@H]2OC(C)(C)O[C@@H]21. The number of rotatable bonds is 5. The molecule has 25 heavy (non-hydrogen) atoms. The van der Waals surface area contributed by atoms with E-state index in [4.69, 9.17) is 19.9 Å². The Bertz CT molecular complexity index is 763. The third-order valence-electron chi connectivity index (χ3n) is 4.56. The van der Waals surface area contributed by atoms with E-state index in [1.165, 1.54) is 6.33 Å². The van der Waals surface area contributed by atoms with Crippen LogP contribution in [-0.2, 0) is 14.2 Å². The van der Waals surface area contributed by atoms with Crippen molar-refractivity contribution in [2.24, 2.45) is 0 Å². The zero-order chi connectivity index (χ0) is 17.6. The minimum absolute atomic E-state index is 0.111. The lowest BCUT2D eigenvalue weighted by atomic mass is 10.1. The Labute approximate surface area is 145 Å². The molecule has 4 heterocycles. The largest absolute Gasteiger partial charge is 0.382 e. The molecule has 0 saturated carbocycles. The number of imidazole rings is 1. The predicted octanol–water partition coefficient (Wildman–Crippen LogP) is 0.826. The first-order valence-electron chi connectivity index (χ1n) is 8.65. The van der Waals surface area contributed by atoms with Crippen molar-refractivity contribution in [1.82, 2.24) is 24.8 Å². The molecule has 2 aliphatic rings. The highest BCUT2D eigenvalue weighted by Crippen LogP contribution is 2.43. The van der Waals surface area contributed by atoms with Crippen molar-refractivity contribution in [2.75, 3.05) is 18.8 Å². The van der Waals surface area contributed by atoms with Gasteiger partial charge in [0.25, 0.3) is 0 Å². The molecule has 2 aromatic rings. The van der Waals surface area contributed by atoms with E-state index in [-0.39, 0.29) is 24.5 Å². The van der Waals surface area contributed by atoms with Gasteiger partial charge in [0.2, 0.25) is 0 Å². The first kappa shape index (κ1) is 16.6. The van der Waals surface area contributed by atoms with Crippen LogP contribution >= 0.6 is 0 Å². The minimum atomic E-state index is -0.648. The molecule has 2 aliphatic heterocycles. The van der Waals surface area contributed by atoms with Gasteiger partial charge in [-0.15, -0.1) is 0 Å². The molecule has 2 aromatic heterocycles. The van der Waals surface area contributed by atoms with E-state index in [1.807, 2.05) is 18.4 Å². The molecule has 2 fully saturated rings. The van der Waals surface area contributed by atoms with E-state index in [1.54, 1.807) is 6.33 Å². The van der Waals surface area contributed by atoms with Gasteiger partial charge in [-0.05, 0) is 26.8 Å². The van der Waals surface area contributed by atoms with Gasteiger partial charge in [-0.25, -0.2) is 15.0 Å². The van der Waals surface area contributed by atoms with Crippen LogP contribution < -0.4 is 11.1 Å². The quantitative estimate of drug-likeness (QED) is 0.765. The molecule has 0 aromatic carbocycles. The molecule has 9 nitrogen and oxygen atoms in total. The highest BCUT2D eigenvalue weighted by Gasteiger charge is 2.55. The second-order valence-corrected chi connectivity index (χ2v) is 6.92. The first-order valence-corrected chi connectivity index (χ1v) is 8.65. The number of fused-ring (bicyclic) bond motifs is 2. The zero-order valence-electron chi connectivity index (χ0n) is 14.7. The van der Waals surface area contributed by atoms with Crippen molar-refractivity contribution in [1.29, 1.82) is 0 Å². The fraction of sp³-hybridized carbons (Fsp3) is 0.688. The fourth-order valence-corrected chi connectivity index (χ4v) is 3.52. The number of nitrogens with two attached hydrogens (primary N) is 1. The van der Waals surface area contributed by atoms with Gasteiger partial charge in [0.1, 0.15) is 30.2 Å². The van der Waals surface area contributed by atoms with Gasteiger partial charge in [0.15, 0.2) is 23.5 Å². The first-order chi connectivity index (χ1) is 12.0. The van der Waals surface area contributed by atoms with Crippen LogP contribution in [0.2, 0.25) is 0 Å². The number of hydrogen-bond donors (Lipinski definition) is 2. The number of nitrogens with one attached hydrogen (secondary N) is 1. The van der Waals surface area contributed by atoms with Crippen LogP contribution in [0.1, 0.15) is 33.4 Å². The summed E-state index contributed by atoms with van der Waals surface area (Å²) in [4.78, 5) is 12.6. The van der Waals surface area contributed by atoms with Crippen LogP contribution in [0.15, 0.2) is 12.7 Å². The Morgan fingerprint density at radius 1 is 1.24 bits per heavy atom. The molecule has 0 bridgehead atoms. The fourth-order valence-electron chi connectivity index (χ4n) is 3.52. The van der Waals surface area contributed by atoms with Crippen molar-refractivity contribution >= 4 is 17.0 Å². The molecular weight excluding hydrogens is 324 g/mol. The summed E-state index contributed by atoms with van der Waals surface area (Å²) in [7, 11) is 0. The van der Waals surface area contributed by atoms with Crippen molar-refractivity contribution in [3.63, 3.8) is 0 Å². The third-order valence-corrected chi connectivity index (χ3v) is 4.56. The Balaban J connectivity index is 1.65. The van der Waals surface area contributed by atoms with Gasteiger partial charge in [0.05, 0.1) is 6.33 Å². The van der Waals surface area contributed by atoms with E-state index < -0.39 is 5.79 Å². The number of aromatic nitrogens is 4. The molecule has 4 atom stereocenters.